The van der Waals surface area contributed by atoms with Crippen molar-refractivity contribution in [2.24, 2.45) is 0 Å². The highest BCUT2D eigenvalue weighted by molar-refractivity contribution is 6.37. The summed E-state index contributed by atoms with van der Waals surface area (Å²) in [4.78, 5) is 25.2. The first-order valence-electron chi connectivity index (χ1n) is 15.3. The molecule has 0 unspecified atom stereocenters. The molecular formula is C37H37Cl2N3O4. The van der Waals surface area contributed by atoms with Crippen LogP contribution in [0.4, 0.5) is 0 Å². The van der Waals surface area contributed by atoms with Crippen LogP contribution in [0.1, 0.15) is 56.6 Å². The van der Waals surface area contributed by atoms with Crippen molar-refractivity contribution < 1.29 is 14.6 Å². The molecule has 46 heavy (non-hydrogen) atoms. The molecule has 0 fully saturated rings. The molecule has 0 radical (unpaired) electrons. The maximum atomic E-state index is 13.8. The Kier molecular flexibility index (Phi) is 10.0. The third-order valence-corrected chi connectivity index (χ3v) is 8.45. The van der Waals surface area contributed by atoms with E-state index in [9.17, 15) is 14.7 Å². The van der Waals surface area contributed by atoms with Crippen molar-refractivity contribution in [1.82, 2.24) is 14.3 Å². The smallest absolute Gasteiger partial charge is 0.355 e. The SMILES string of the molecule is CCOc1ccc(-c2ccc(CCCc3nn(-c4ccc(C(C)(C)C)cc4)c(=O)n3-c3c(Cl)cccc3Cl)cc2)cc1CC(=O)O. The van der Waals surface area contributed by atoms with Crippen LogP contribution in [0.2, 0.25) is 10.0 Å². The minimum atomic E-state index is -0.904. The molecule has 0 saturated carbocycles. The number of nitrogens with zero attached hydrogens (tertiary/aromatic N) is 3. The third kappa shape index (κ3) is 7.38. The third-order valence-electron chi connectivity index (χ3n) is 7.84. The van der Waals surface area contributed by atoms with Gasteiger partial charge in [-0.1, -0.05) is 92.5 Å². The van der Waals surface area contributed by atoms with Gasteiger partial charge in [-0.15, -0.1) is 5.10 Å². The molecule has 0 bridgehead atoms. The number of halogens is 2. The van der Waals surface area contributed by atoms with Gasteiger partial charge >= 0.3 is 11.7 Å². The van der Waals surface area contributed by atoms with Crippen molar-refractivity contribution in [2.75, 3.05) is 6.61 Å². The van der Waals surface area contributed by atoms with Crippen LogP contribution in [0.3, 0.4) is 0 Å². The molecule has 0 aliphatic rings. The number of aliphatic carboxylic acids is 1. The summed E-state index contributed by atoms with van der Waals surface area (Å²) in [6.07, 6.45) is 1.89. The van der Waals surface area contributed by atoms with Gasteiger partial charge in [-0.2, -0.15) is 4.68 Å². The summed E-state index contributed by atoms with van der Waals surface area (Å²) in [7, 11) is 0. The summed E-state index contributed by atoms with van der Waals surface area (Å²) in [5, 5.41) is 14.9. The predicted molar refractivity (Wildman–Crippen MR) is 184 cm³/mol. The molecule has 0 amide bonds. The normalized spacial score (nSPS) is 11.5. The van der Waals surface area contributed by atoms with E-state index in [1.54, 1.807) is 18.2 Å². The van der Waals surface area contributed by atoms with E-state index in [1.165, 1.54) is 9.25 Å². The Morgan fingerprint density at radius 2 is 1.54 bits per heavy atom. The number of carboxylic acids is 1. The van der Waals surface area contributed by atoms with Crippen molar-refractivity contribution >= 4 is 29.2 Å². The maximum absolute atomic E-state index is 13.8. The Morgan fingerprint density at radius 3 is 2.15 bits per heavy atom. The summed E-state index contributed by atoms with van der Waals surface area (Å²) in [5.41, 5.74) is 5.57. The molecule has 0 atom stereocenters. The lowest BCUT2D eigenvalue weighted by Gasteiger charge is -2.18. The van der Waals surface area contributed by atoms with Crippen LogP contribution < -0.4 is 10.4 Å². The average molecular weight is 659 g/mol. The summed E-state index contributed by atoms with van der Waals surface area (Å²) in [5.74, 6) is 0.252. The number of hydrogen-bond donors (Lipinski definition) is 1. The lowest BCUT2D eigenvalue weighted by Crippen LogP contribution is -2.24. The number of hydrogen-bond acceptors (Lipinski definition) is 4. The van der Waals surface area contributed by atoms with Crippen LogP contribution in [0.15, 0.2) is 89.7 Å². The van der Waals surface area contributed by atoms with E-state index in [4.69, 9.17) is 33.0 Å². The van der Waals surface area contributed by atoms with Gasteiger partial charge in [0.15, 0.2) is 0 Å². The van der Waals surface area contributed by atoms with Crippen molar-refractivity contribution in [2.45, 2.75) is 58.8 Å². The highest BCUT2D eigenvalue weighted by Gasteiger charge is 2.21. The fraction of sp³-hybridized carbons (Fsp3) is 0.270. The van der Waals surface area contributed by atoms with Crippen LogP contribution in [0, 0.1) is 0 Å². The lowest BCUT2D eigenvalue weighted by molar-refractivity contribution is -0.136. The maximum Gasteiger partial charge on any atom is 0.355 e. The number of carboxylic acid groups (broad SMARTS) is 1. The second kappa shape index (κ2) is 14.0. The average Bonchev–Trinajstić information content (AvgIpc) is 3.33. The molecule has 0 aliphatic carbocycles. The largest absolute Gasteiger partial charge is 0.494 e. The number of aryl methyl sites for hydroxylation is 2. The minimum absolute atomic E-state index is 0.0190. The molecule has 0 spiro atoms. The van der Waals surface area contributed by atoms with E-state index < -0.39 is 5.97 Å². The highest BCUT2D eigenvalue weighted by atomic mass is 35.5. The number of ether oxygens (including phenoxy) is 1. The van der Waals surface area contributed by atoms with Gasteiger partial charge in [-0.3, -0.25) is 4.79 Å². The molecule has 7 nitrogen and oxygen atoms in total. The Hall–Kier alpha value is -4.33. The second-order valence-electron chi connectivity index (χ2n) is 12.2. The summed E-state index contributed by atoms with van der Waals surface area (Å²) >= 11 is 13.1. The van der Waals surface area contributed by atoms with Gasteiger partial charge in [0.25, 0.3) is 0 Å². The number of benzene rings is 4. The Morgan fingerprint density at radius 1 is 0.891 bits per heavy atom. The highest BCUT2D eigenvalue weighted by Crippen LogP contribution is 2.30. The van der Waals surface area contributed by atoms with E-state index in [-0.39, 0.29) is 17.5 Å². The first-order chi connectivity index (χ1) is 22.0. The van der Waals surface area contributed by atoms with Gasteiger partial charge in [-0.05, 0) is 83.8 Å². The van der Waals surface area contributed by atoms with E-state index >= 15 is 0 Å². The zero-order chi connectivity index (χ0) is 33.0. The first kappa shape index (κ1) is 33.0. The Balaban J connectivity index is 1.38. The molecule has 4 aromatic carbocycles. The molecule has 1 N–H and O–H groups in total. The van der Waals surface area contributed by atoms with Crippen LogP contribution in [0.5, 0.6) is 5.75 Å². The van der Waals surface area contributed by atoms with Crippen molar-refractivity contribution in [3.63, 3.8) is 0 Å². The van der Waals surface area contributed by atoms with Crippen LogP contribution in [0.25, 0.3) is 22.5 Å². The van der Waals surface area contributed by atoms with Gasteiger partial charge in [0.1, 0.15) is 11.6 Å². The fourth-order valence-corrected chi connectivity index (χ4v) is 6.01. The van der Waals surface area contributed by atoms with Crippen LogP contribution >= 0.6 is 23.2 Å². The van der Waals surface area contributed by atoms with Crippen molar-refractivity contribution in [3.05, 3.63) is 128 Å². The Labute approximate surface area is 279 Å². The summed E-state index contributed by atoms with van der Waals surface area (Å²) < 4.78 is 8.55. The lowest BCUT2D eigenvalue weighted by atomic mass is 9.87. The first-order valence-corrected chi connectivity index (χ1v) is 16.0. The summed E-state index contributed by atoms with van der Waals surface area (Å²) in [6.45, 7) is 8.78. The van der Waals surface area contributed by atoms with Gasteiger partial charge in [-0.25, -0.2) is 9.36 Å². The Bertz CT molecular complexity index is 1880. The molecule has 9 heteroatoms. The van der Waals surface area contributed by atoms with Crippen molar-refractivity contribution in [3.8, 4) is 28.3 Å². The van der Waals surface area contributed by atoms with E-state index in [2.05, 4.69) is 32.9 Å². The monoisotopic (exact) mass is 657 g/mol. The second-order valence-corrected chi connectivity index (χ2v) is 13.0. The fourth-order valence-electron chi connectivity index (χ4n) is 5.44. The number of rotatable bonds is 11. The van der Waals surface area contributed by atoms with Crippen LogP contribution in [-0.4, -0.2) is 32.0 Å². The number of para-hydroxylation sites is 1. The van der Waals surface area contributed by atoms with Gasteiger partial charge in [0.05, 0.1) is 34.4 Å². The molecule has 1 heterocycles. The quantitative estimate of drug-likeness (QED) is 0.154. The van der Waals surface area contributed by atoms with E-state index in [1.807, 2.05) is 61.5 Å². The standard InChI is InChI=1S/C37H37Cl2N3O4/c1-5-46-32-21-16-26(22-27(32)23-34(43)44)25-14-12-24(13-15-25)8-6-11-33-40-42(29-19-17-28(18-20-29)37(2,3)4)36(45)41(33)35-30(38)9-7-10-31(35)39/h7,9-10,12-22H,5-6,8,11,23H2,1-4H3,(H,43,44). The van der Waals surface area contributed by atoms with Gasteiger partial charge < -0.3 is 9.84 Å². The minimum Gasteiger partial charge on any atom is -0.494 e. The van der Waals surface area contributed by atoms with Gasteiger partial charge in [0, 0.05) is 12.0 Å². The molecular weight excluding hydrogens is 621 g/mol. The molecule has 0 saturated heterocycles. The molecule has 5 aromatic rings. The van der Waals surface area contributed by atoms with E-state index in [0.717, 1.165) is 35.1 Å². The zero-order valence-corrected chi connectivity index (χ0v) is 27.9. The summed E-state index contributed by atoms with van der Waals surface area (Å²) in [6, 6.07) is 26.9. The molecule has 1 aromatic heterocycles. The van der Waals surface area contributed by atoms with E-state index in [0.29, 0.717) is 51.6 Å². The predicted octanol–water partition coefficient (Wildman–Crippen LogP) is 8.50. The topological polar surface area (TPSA) is 86.4 Å². The van der Waals surface area contributed by atoms with Crippen molar-refractivity contribution in [1.29, 1.82) is 0 Å². The number of carbonyl (C=O) groups is 1. The van der Waals surface area contributed by atoms with Crippen LogP contribution in [-0.2, 0) is 29.5 Å². The van der Waals surface area contributed by atoms with Gasteiger partial charge in [0.2, 0.25) is 0 Å². The molecule has 5 rings (SSSR count). The molecule has 0 aliphatic heterocycles. The zero-order valence-electron chi connectivity index (χ0n) is 26.4. The number of aromatic nitrogens is 3. The molecule has 238 valence electrons.